The predicted octanol–water partition coefficient (Wildman–Crippen LogP) is 2.18. The minimum absolute atomic E-state index is 0.221. The molecular weight excluding hydrogens is 222 g/mol. The molecule has 0 aliphatic carbocycles. The Morgan fingerprint density at radius 1 is 1.39 bits per heavy atom. The van der Waals surface area contributed by atoms with Crippen molar-refractivity contribution in [2.24, 2.45) is 0 Å². The Bertz CT molecular complexity index is 234. The van der Waals surface area contributed by atoms with E-state index >= 15 is 0 Å². The van der Waals surface area contributed by atoms with E-state index in [2.05, 4.69) is 56.9 Å². The lowest BCUT2D eigenvalue weighted by Gasteiger charge is -2.34. The molecule has 1 rings (SSSR count). The van der Waals surface area contributed by atoms with Crippen LogP contribution in [-0.4, -0.2) is 61.2 Å². The fourth-order valence-corrected chi connectivity index (χ4v) is 2.73. The summed E-state index contributed by atoms with van der Waals surface area (Å²) in [6.07, 6.45) is 3.95. The van der Waals surface area contributed by atoms with E-state index in [1.165, 1.54) is 32.4 Å². The van der Waals surface area contributed by atoms with Gasteiger partial charge in [0.2, 0.25) is 0 Å². The number of rotatable bonds is 6. The summed E-state index contributed by atoms with van der Waals surface area (Å²) < 4.78 is 0. The summed E-state index contributed by atoms with van der Waals surface area (Å²) in [5.74, 6) is 0. The van der Waals surface area contributed by atoms with Crippen LogP contribution in [0.2, 0.25) is 0 Å². The minimum atomic E-state index is 0.221. The van der Waals surface area contributed by atoms with Crippen molar-refractivity contribution in [3.63, 3.8) is 0 Å². The maximum Gasteiger partial charge on any atom is 0.0220 e. The first-order chi connectivity index (χ1) is 8.33. The first-order valence-corrected chi connectivity index (χ1v) is 7.49. The molecular formula is C15H33N3. The number of likely N-dealkylation sites (N-methyl/N-ethyl adjacent to an activating group) is 2. The van der Waals surface area contributed by atoms with Gasteiger partial charge in [0.15, 0.2) is 0 Å². The Morgan fingerprint density at radius 3 is 2.50 bits per heavy atom. The largest absolute Gasteiger partial charge is 0.311 e. The molecule has 1 fully saturated rings. The molecule has 1 aliphatic rings. The molecule has 0 saturated carbocycles. The van der Waals surface area contributed by atoms with Crippen LogP contribution in [-0.2, 0) is 0 Å². The summed E-state index contributed by atoms with van der Waals surface area (Å²) in [4.78, 5) is 5.06. The molecule has 2 atom stereocenters. The normalized spacial score (nSPS) is 23.8. The van der Waals surface area contributed by atoms with E-state index in [0.717, 1.165) is 12.6 Å². The highest BCUT2D eigenvalue weighted by Crippen LogP contribution is 2.17. The monoisotopic (exact) mass is 255 g/mol. The quantitative estimate of drug-likeness (QED) is 0.785. The van der Waals surface area contributed by atoms with Crippen LogP contribution >= 0.6 is 0 Å². The number of likely N-dealkylation sites (tertiary alicyclic amines) is 1. The third kappa shape index (κ3) is 5.25. The van der Waals surface area contributed by atoms with E-state index < -0.39 is 0 Å². The van der Waals surface area contributed by atoms with Crippen LogP contribution < -0.4 is 5.32 Å². The Kier molecular flexibility index (Phi) is 6.09. The van der Waals surface area contributed by atoms with Gasteiger partial charge in [0.1, 0.15) is 0 Å². The molecule has 0 radical (unpaired) electrons. The molecule has 2 unspecified atom stereocenters. The van der Waals surface area contributed by atoms with E-state index in [9.17, 15) is 0 Å². The molecule has 1 N–H and O–H groups in total. The zero-order valence-corrected chi connectivity index (χ0v) is 13.3. The smallest absolute Gasteiger partial charge is 0.0220 e. The Morgan fingerprint density at radius 2 is 2.06 bits per heavy atom. The van der Waals surface area contributed by atoms with Crippen LogP contribution in [0.25, 0.3) is 0 Å². The predicted molar refractivity (Wildman–Crippen MR) is 80.1 cm³/mol. The molecule has 3 heteroatoms. The zero-order chi connectivity index (χ0) is 13.8. The molecule has 0 bridgehead atoms. The van der Waals surface area contributed by atoms with Crippen molar-refractivity contribution in [2.45, 2.75) is 64.6 Å². The van der Waals surface area contributed by atoms with Gasteiger partial charge in [-0.3, -0.25) is 0 Å². The van der Waals surface area contributed by atoms with Crippen molar-refractivity contribution in [1.29, 1.82) is 0 Å². The lowest BCUT2D eigenvalue weighted by atomic mass is 10.1. The molecule has 0 aromatic carbocycles. The van der Waals surface area contributed by atoms with Gasteiger partial charge in [-0.05, 0) is 60.7 Å². The van der Waals surface area contributed by atoms with Gasteiger partial charge >= 0.3 is 0 Å². The average Bonchev–Trinajstić information content (AvgIpc) is 2.63. The SMILES string of the molecule is CCC(CNC(C)(C)C)N(C)CC1CCCN1C. The number of nitrogens with one attached hydrogen (secondary N) is 1. The van der Waals surface area contributed by atoms with Gasteiger partial charge in [-0.25, -0.2) is 0 Å². The second-order valence-electron chi connectivity index (χ2n) is 6.91. The van der Waals surface area contributed by atoms with E-state index in [-0.39, 0.29) is 5.54 Å². The Labute approximate surface area is 114 Å². The summed E-state index contributed by atoms with van der Waals surface area (Å²) in [5, 5.41) is 3.63. The van der Waals surface area contributed by atoms with Crippen molar-refractivity contribution >= 4 is 0 Å². The highest BCUT2D eigenvalue weighted by molar-refractivity contribution is 4.83. The van der Waals surface area contributed by atoms with Gasteiger partial charge in [0, 0.05) is 30.7 Å². The summed E-state index contributed by atoms with van der Waals surface area (Å²) in [5.41, 5.74) is 0.221. The lowest BCUT2D eigenvalue weighted by Crippen LogP contribution is -2.49. The molecule has 1 aliphatic heterocycles. The number of hydrogen-bond donors (Lipinski definition) is 1. The first-order valence-electron chi connectivity index (χ1n) is 7.49. The van der Waals surface area contributed by atoms with Crippen LogP contribution in [0.15, 0.2) is 0 Å². The molecule has 0 aromatic heterocycles. The summed E-state index contributed by atoms with van der Waals surface area (Å²) in [6, 6.07) is 1.41. The van der Waals surface area contributed by atoms with Gasteiger partial charge in [-0.2, -0.15) is 0 Å². The second-order valence-corrected chi connectivity index (χ2v) is 6.91. The minimum Gasteiger partial charge on any atom is -0.311 e. The van der Waals surface area contributed by atoms with Crippen LogP contribution in [0.4, 0.5) is 0 Å². The fraction of sp³-hybridized carbons (Fsp3) is 1.00. The number of hydrogen-bond acceptors (Lipinski definition) is 3. The molecule has 3 nitrogen and oxygen atoms in total. The van der Waals surface area contributed by atoms with Crippen LogP contribution in [0.3, 0.4) is 0 Å². The standard InChI is InChI=1S/C15H33N3/c1-7-13(11-16-15(2,3)4)18(6)12-14-9-8-10-17(14)5/h13-14,16H,7-12H2,1-6H3. The highest BCUT2D eigenvalue weighted by atomic mass is 15.2. The zero-order valence-electron chi connectivity index (χ0n) is 13.3. The maximum atomic E-state index is 3.63. The van der Waals surface area contributed by atoms with E-state index in [0.29, 0.717) is 6.04 Å². The fourth-order valence-electron chi connectivity index (χ4n) is 2.73. The molecule has 1 heterocycles. The van der Waals surface area contributed by atoms with E-state index in [1.807, 2.05) is 0 Å². The molecule has 1 saturated heterocycles. The summed E-state index contributed by atoms with van der Waals surface area (Å²) >= 11 is 0. The second kappa shape index (κ2) is 6.88. The van der Waals surface area contributed by atoms with Gasteiger partial charge in [0.05, 0.1) is 0 Å². The molecule has 0 spiro atoms. The maximum absolute atomic E-state index is 3.63. The van der Waals surface area contributed by atoms with Gasteiger partial charge < -0.3 is 15.1 Å². The van der Waals surface area contributed by atoms with Gasteiger partial charge in [-0.1, -0.05) is 6.92 Å². The van der Waals surface area contributed by atoms with E-state index in [4.69, 9.17) is 0 Å². The summed E-state index contributed by atoms with van der Waals surface area (Å²) in [7, 11) is 4.55. The highest BCUT2D eigenvalue weighted by Gasteiger charge is 2.24. The van der Waals surface area contributed by atoms with E-state index in [1.54, 1.807) is 0 Å². The van der Waals surface area contributed by atoms with Crippen molar-refractivity contribution in [1.82, 2.24) is 15.1 Å². The molecule has 108 valence electrons. The van der Waals surface area contributed by atoms with Crippen LogP contribution in [0, 0.1) is 0 Å². The lowest BCUT2D eigenvalue weighted by molar-refractivity contribution is 0.164. The Balaban J connectivity index is 2.39. The van der Waals surface area contributed by atoms with Crippen molar-refractivity contribution in [2.75, 3.05) is 33.7 Å². The average molecular weight is 255 g/mol. The Hall–Kier alpha value is -0.120. The van der Waals surface area contributed by atoms with Gasteiger partial charge in [-0.15, -0.1) is 0 Å². The van der Waals surface area contributed by atoms with Crippen LogP contribution in [0.1, 0.15) is 47.0 Å². The molecule has 0 aromatic rings. The van der Waals surface area contributed by atoms with Crippen molar-refractivity contribution < 1.29 is 0 Å². The van der Waals surface area contributed by atoms with Crippen molar-refractivity contribution in [3.8, 4) is 0 Å². The third-order valence-electron chi connectivity index (χ3n) is 4.13. The van der Waals surface area contributed by atoms with Gasteiger partial charge in [0.25, 0.3) is 0 Å². The first kappa shape index (κ1) is 15.9. The molecule has 0 amide bonds. The summed E-state index contributed by atoms with van der Waals surface area (Å²) in [6.45, 7) is 12.6. The third-order valence-corrected chi connectivity index (χ3v) is 4.13. The number of nitrogens with zero attached hydrogens (tertiary/aromatic N) is 2. The molecule has 18 heavy (non-hydrogen) atoms. The van der Waals surface area contributed by atoms with Crippen LogP contribution in [0.5, 0.6) is 0 Å². The topological polar surface area (TPSA) is 18.5 Å². The van der Waals surface area contributed by atoms with Crippen molar-refractivity contribution in [3.05, 3.63) is 0 Å².